The predicted octanol–water partition coefficient (Wildman–Crippen LogP) is 2.28. The van der Waals surface area contributed by atoms with Crippen LogP contribution in [-0.4, -0.2) is 36.0 Å². The molecule has 2 atom stereocenters. The number of rotatable bonds is 2. The van der Waals surface area contributed by atoms with Crippen molar-refractivity contribution in [1.82, 2.24) is 10.2 Å². The summed E-state index contributed by atoms with van der Waals surface area (Å²) in [7, 11) is 0. The Morgan fingerprint density at radius 1 is 1.47 bits per heavy atom. The number of hydrogen-bond donors (Lipinski definition) is 1. The zero-order chi connectivity index (χ0) is 14.0. The Bertz CT molecular complexity index is 461. The first-order valence-corrected chi connectivity index (χ1v) is 6.79. The average Bonchev–Trinajstić information content (AvgIpc) is 2.38. The molecule has 3 nitrogen and oxygen atoms in total. The largest absolute Gasteiger partial charge is 0.333 e. The lowest BCUT2D eigenvalue weighted by atomic mass is 9.99. The molecule has 1 heterocycles. The number of hydrogen-bond acceptors (Lipinski definition) is 2. The van der Waals surface area contributed by atoms with Gasteiger partial charge in [0.25, 0.3) is 5.91 Å². The highest BCUT2D eigenvalue weighted by atomic mass is 19.1. The van der Waals surface area contributed by atoms with Crippen molar-refractivity contribution in [3.05, 3.63) is 35.6 Å². The van der Waals surface area contributed by atoms with Gasteiger partial charge in [-0.25, -0.2) is 4.39 Å². The van der Waals surface area contributed by atoms with E-state index in [0.29, 0.717) is 24.1 Å². The van der Waals surface area contributed by atoms with Gasteiger partial charge in [-0.05, 0) is 31.0 Å². The molecule has 1 aliphatic rings. The molecule has 1 aromatic carbocycles. The number of amides is 1. The molecule has 1 saturated heterocycles. The van der Waals surface area contributed by atoms with Crippen molar-refractivity contribution < 1.29 is 9.18 Å². The fourth-order valence-electron chi connectivity index (χ4n) is 2.41. The standard InChI is InChI=1S/C15H21FN2O/c1-10(2)14-9-18(11(3)8-17-14)15(19)12-5-4-6-13(16)7-12/h4-7,10-11,14,17H,8-9H2,1-3H3. The molecule has 2 unspecified atom stereocenters. The summed E-state index contributed by atoms with van der Waals surface area (Å²) in [5, 5.41) is 3.45. The Morgan fingerprint density at radius 2 is 2.21 bits per heavy atom. The fraction of sp³-hybridized carbons (Fsp3) is 0.533. The lowest BCUT2D eigenvalue weighted by Crippen LogP contribution is -2.58. The van der Waals surface area contributed by atoms with Crippen LogP contribution in [0.1, 0.15) is 31.1 Å². The zero-order valence-corrected chi connectivity index (χ0v) is 11.7. The van der Waals surface area contributed by atoms with Crippen LogP contribution in [0, 0.1) is 11.7 Å². The molecule has 1 aliphatic heterocycles. The topological polar surface area (TPSA) is 32.3 Å². The van der Waals surface area contributed by atoms with Gasteiger partial charge >= 0.3 is 0 Å². The van der Waals surface area contributed by atoms with Gasteiger partial charge in [0.15, 0.2) is 0 Å². The minimum Gasteiger partial charge on any atom is -0.333 e. The third kappa shape index (κ3) is 3.13. The molecule has 19 heavy (non-hydrogen) atoms. The third-order valence-corrected chi connectivity index (χ3v) is 3.74. The quantitative estimate of drug-likeness (QED) is 0.889. The van der Waals surface area contributed by atoms with Gasteiger partial charge in [0.05, 0.1) is 0 Å². The van der Waals surface area contributed by atoms with Crippen LogP contribution in [0.25, 0.3) is 0 Å². The first-order valence-electron chi connectivity index (χ1n) is 6.79. The van der Waals surface area contributed by atoms with Gasteiger partial charge in [-0.1, -0.05) is 19.9 Å². The van der Waals surface area contributed by atoms with Crippen molar-refractivity contribution in [3.8, 4) is 0 Å². The molecule has 0 aliphatic carbocycles. The van der Waals surface area contributed by atoms with E-state index in [-0.39, 0.29) is 17.8 Å². The fourth-order valence-corrected chi connectivity index (χ4v) is 2.41. The second-order valence-corrected chi connectivity index (χ2v) is 5.58. The van der Waals surface area contributed by atoms with Crippen LogP contribution in [-0.2, 0) is 0 Å². The van der Waals surface area contributed by atoms with E-state index in [1.54, 1.807) is 12.1 Å². The van der Waals surface area contributed by atoms with Gasteiger partial charge in [-0.15, -0.1) is 0 Å². The molecule has 2 rings (SSSR count). The lowest BCUT2D eigenvalue weighted by Gasteiger charge is -2.40. The van der Waals surface area contributed by atoms with Gasteiger partial charge in [0, 0.05) is 30.7 Å². The monoisotopic (exact) mass is 264 g/mol. The van der Waals surface area contributed by atoms with Crippen LogP contribution in [0.15, 0.2) is 24.3 Å². The minimum atomic E-state index is -0.367. The van der Waals surface area contributed by atoms with Crippen LogP contribution in [0.5, 0.6) is 0 Å². The normalized spacial score (nSPS) is 23.7. The number of carbonyl (C=O) groups excluding carboxylic acids is 1. The number of halogens is 1. The van der Waals surface area contributed by atoms with Crippen molar-refractivity contribution in [1.29, 1.82) is 0 Å². The number of benzene rings is 1. The maximum absolute atomic E-state index is 13.2. The molecule has 0 saturated carbocycles. The van der Waals surface area contributed by atoms with Crippen LogP contribution in [0.4, 0.5) is 4.39 Å². The predicted molar refractivity (Wildman–Crippen MR) is 73.5 cm³/mol. The summed E-state index contributed by atoms with van der Waals surface area (Å²) in [5.41, 5.74) is 0.427. The maximum atomic E-state index is 13.2. The first kappa shape index (κ1) is 14.0. The third-order valence-electron chi connectivity index (χ3n) is 3.74. The molecular formula is C15H21FN2O. The van der Waals surface area contributed by atoms with Crippen molar-refractivity contribution in [2.75, 3.05) is 13.1 Å². The summed E-state index contributed by atoms with van der Waals surface area (Å²) >= 11 is 0. The van der Waals surface area contributed by atoms with Crippen LogP contribution >= 0.6 is 0 Å². The minimum absolute atomic E-state index is 0.0841. The maximum Gasteiger partial charge on any atom is 0.254 e. The zero-order valence-electron chi connectivity index (χ0n) is 11.7. The molecule has 104 valence electrons. The Hall–Kier alpha value is -1.42. The average molecular weight is 264 g/mol. The highest BCUT2D eigenvalue weighted by Crippen LogP contribution is 2.16. The smallest absolute Gasteiger partial charge is 0.254 e. The molecule has 0 aromatic heterocycles. The first-order chi connectivity index (χ1) is 8.99. The van der Waals surface area contributed by atoms with E-state index in [1.807, 2.05) is 11.8 Å². The van der Waals surface area contributed by atoms with Gasteiger partial charge in [0.2, 0.25) is 0 Å². The Balaban J connectivity index is 2.17. The van der Waals surface area contributed by atoms with E-state index >= 15 is 0 Å². The highest BCUT2D eigenvalue weighted by molar-refractivity contribution is 5.94. The molecule has 4 heteroatoms. The van der Waals surface area contributed by atoms with E-state index in [4.69, 9.17) is 0 Å². The van der Waals surface area contributed by atoms with Crippen LogP contribution < -0.4 is 5.32 Å². The van der Waals surface area contributed by atoms with Gasteiger partial charge in [-0.3, -0.25) is 4.79 Å². The van der Waals surface area contributed by atoms with Gasteiger partial charge in [-0.2, -0.15) is 0 Å². The summed E-state index contributed by atoms with van der Waals surface area (Å²) in [6, 6.07) is 6.34. The lowest BCUT2D eigenvalue weighted by molar-refractivity contribution is 0.0579. The molecule has 1 aromatic rings. The molecule has 0 spiro atoms. The highest BCUT2D eigenvalue weighted by Gasteiger charge is 2.30. The van der Waals surface area contributed by atoms with Gasteiger partial charge in [0.1, 0.15) is 5.82 Å². The summed E-state index contributed by atoms with van der Waals surface area (Å²) in [5.74, 6) is 0.0171. The van der Waals surface area contributed by atoms with E-state index in [1.165, 1.54) is 12.1 Å². The number of nitrogens with zero attached hydrogens (tertiary/aromatic N) is 1. The van der Waals surface area contributed by atoms with E-state index in [9.17, 15) is 9.18 Å². The summed E-state index contributed by atoms with van der Waals surface area (Å²) in [6.07, 6.45) is 0. The second-order valence-electron chi connectivity index (χ2n) is 5.58. The van der Waals surface area contributed by atoms with Crippen LogP contribution in [0.3, 0.4) is 0 Å². The SMILES string of the molecule is CC(C)C1CN(C(=O)c2cccc(F)c2)C(C)CN1. The summed E-state index contributed by atoms with van der Waals surface area (Å²) in [4.78, 5) is 14.3. The van der Waals surface area contributed by atoms with Crippen molar-refractivity contribution in [3.63, 3.8) is 0 Å². The van der Waals surface area contributed by atoms with E-state index < -0.39 is 0 Å². The molecule has 0 bridgehead atoms. The molecule has 1 N–H and O–H groups in total. The second kappa shape index (κ2) is 5.70. The van der Waals surface area contributed by atoms with Crippen molar-refractivity contribution >= 4 is 5.91 Å². The van der Waals surface area contributed by atoms with E-state index in [0.717, 1.165) is 6.54 Å². The summed E-state index contributed by atoms with van der Waals surface area (Å²) < 4.78 is 13.2. The van der Waals surface area contributed by atoms with Crippen molar-refractivity contribution in [2.24, 2.45) is 5.92 Å². The van der Waals surface area contributed by atoms with Crippen LogP contribution in [0.2, 0.25) is 0 Å². The molecule has 1 amide bonds. The number of piperazine rings is 1. The van der Waals surface area contributed by atoms with Gasteiger partial charge < -0.3 is 10.2 Å². The Kier molecular flexibility index (Phi) is 4.20. The van der Waals surface area contributed by atoms with Crippen molar-refractivity contribution in [2.45, 2.75) is 32.9 Å². The Labute approximate surface area is 113 Å². The number of carbonyl (C=O) groups is 1. The molecular weight excluding hydrogens is 243 g/mol. The van der Waals surface area contributed by atoms with E-state index in [2.05, 4.69) is 19.2 Å². The number of nitrogens with one attached hydrogen (secondary N) is 1. The molecule has 0 radical (unpaired) electrons. The summed E-state index contributed by atoms with van der Waals surface area (Å²) in [6.45, 7) is 7.75. The molecule has 1 fully saturated rings. The Morgan fingerprint density at radius 3 is 2.84 bits per heavy atom.